The Kier molecular flexibility index (Phi) is 8.19. The summed E-state index contributed by atoms with van der Waals surface area (Å²) in [5.41, 5.74) is 6.21. The summed E-state index contributed by atoms with van der Waals surface area (Å²) in [7, 11) is 1.80. The second-order valence-electron chi connectivity index (χ2n) is 9.55. The number of carbonyl (C=O) groups is 2. The minimum absolute atomic E-state index is 0.0294. The predicted molar refractivity (Wildman–Crippen MR) is 147 cm³/mol. The highest BCUT2D eigenvalue weighted by Crippen LogP contribution is 2.39. The number of ether oxygens (including phenoxy) is 1. The fraction of sp³-hybridized carbons (Fsp3) is 0.310. The van der Waals surface area contributed by atoms with E-state index in [1.807, 2.05) is 18.2 Å². The van der Waals surface area contributed by atoms with Crippen molar-refractivity contribution in [2.45, 2.75) is 18.4 Å². The van der Waals surface area contributed by atoms with Crippen LogP contribution in [0.1, 0.15) is 29.5 Å². The summed E-state index contributed by atoms with van der Waals surface area (Å²) in [6, 6.07) is 21.5. The normalized spacial score (nSPS) is 18.2. The maximum Gasteiger partial charge on any atom is 0.260 e. The molecule has 0 aliphatic carbocycles. The topological polar surface area (TPSA) is 71.1 Å². The Hall–Kier alpha value is -3.10. The van der Waals surface area contributed by atoms with Gasteiger partial charge in [0.05, 0.1) is 35.2 Å². The molecule has 1 saturated heterocycles. The van der Waals surface area contributed by atoms with E-state index in [4.69, 9.17) is 32.8 Å². The van der Waals surface area contributed by atoms with Crippen LogP contribution in [-0.2, 0) is 14.3 Å². The third kappa shape index (κ3) is 5.81. The number of hydrogen-bond acceptors (Lipinski definition) is 5. The maximum atomic E-state index is 13.7. The first-order valence-corrected chi connectivity index (χ1v) is 13.3. The molecule has 198 valence electrons. The van der Waals surface area contributed by atoms with Gasteiger partial charge in [-0.3, -0.25) is 14.5 Å². The summed E-state index contributed by atoms with van der Waals surface area (Å²) >= 11 is 12.3. The molecule has 0 radical (unpaired) electrons. The first kappa shape index (κ1) is 26.5. The van der Waals surface area contributed by atoms with Gasteiger partial charge in [0, 0.05) is 44.7 Å². The highest BCUT2D eigenvalue weighted by Gasteiger charge is 2.35. The van der Waals surface area contributed by atoms with Crippen LogP contribution in [0.5, 0.6) is 5.75 Å². The SMILES string of the molecule is CN(C(=O)CC1C(=O)NOc2cc(Cl)c(Cl)cc21)C(CN1CCOCC1)c1ccc(-c2ccccc2)cc1. The van der Waals surface area contributed by atoms with Crippen molar-refractivity contribution in [1.29, 1.82) is 0 Å². The van der Waals surface area contributed by atoms with Gasteiger partial charge in [0.15, 0.2) is 5.75 Å². The lowest BCUT2D eigenvalue weighted by Gasteiger charge is -2.36. The molecule has 9 heteroatoms. The van der Waals surface area contributed by atoms with Crippen LogP contribution in [0.3, 0.4) is 0 Å². The zero-order valence-electron chi connectivity index (χ0n) is 21.0. The molecular weight excluding hydrogens is 525 g/mol. The first-order valence-electron chi connectivity index (χ1n) is 12.6. The Morgan fingerprint density at radius 3 is 2.39 bits per heavy atom. The smallest absolute Gasteiger partial charge is 0.260 e. The quantitative estimate of drug-likeness (QED) is 0.441. The average molecular weight is 554 g/mol. The molecular formula is C29H29Cl2N3O4. The van der Waals surface area contributed by atoms with Crippen molar-refractivity contribution in [3.8, 4) is 16.9 Å². The van der Waals surface area contributed by atoms with Gasteiger partial charge >= 0.3 is 0 Å². The Morgan fingerprint density at radius 1 is 1.03 bits per heavy atom. The van der Waals surface area contributed by atoms with E-state index in [1.54, 1.807) is 24.1 Å². The Morgan fingerprint density at radius 2 is 1.68 bits per heavy atom. The zero-order chi connectivity index (χ0) is 26.6. The van der Waals surface area contributed by atoms with Gasteiger partial charge in [0.25, 0.3) is 5.91 Å². The van der Waals surface area contributed by atoms with Crippen molar-refractivity contribution in [1.82, 2.24) is 15.3 Å². The van der Waals surface area contributed by atoms with E-state index in [9.17, 15) is 9.59 Å². The van der Waals surface area contributed by atoms with E-state index in [-0.39, 0.29) is 18.4 Å². The van der Waals surface area contributed by atoms with Crippen LogP contribution in [0.15, 0.2) is 66.7 Å². The van der Waals surface area contributed by atoms with Gasteiger partial charge in [-0.2, -0.15) is 5.48 Å². The molecule has 3 aromatic rings. The monoisotopic (exact) mass is 553 g/mol. The number of benzene rings is 3. The minimum Gasteiger partial charge on any atom is -0.379 e. The van der Waals surface area contributed by atoms with Crippen LogP contribution >= 0.6 is 23.2 Å². The fourth-order valence-corrected chi connectivity index (χ4v) is 5.25. The van der Waals surface area contributed by atoms with Crippen molar-refractivity contribution >= 4 is 35.0 Å². The number of likely N-dealkylation sites (N-methyl/N-ethyl adjacent to an activating group) is 1. The van der Waals surface area contributed by atoms with Crippen molar-refractivity contribution < 1.29 is 19.2 Å². The molecule has 2 unspecified atom stereocenters. The predicted octanol–water partition coefficient (Wildman–Crippen LogP) is 5.09. The average Bonchev–Trinajstić information content (AvgIpc) is 2.95. The lowest BCUT2D eigenvalue weighted by molar-refractivity contribution is -0.138. The molecule has 2 atom stereocenters. The summed E-state index contributed by atoms with van der Waals surface area (Å²) in [5.74, 6) is -0.905. The van der Waals surface area contributed by atoms with Gasteiger partial charge < -0.3 is 14.5 Å². The number of halogens is 2. The number of carbonyl (C=O) groups excluding carboxylic acids is 2. The summed E-state index contributed by atoms with van der Waals surface area (Å²) < 4.78 is 5.52. The molecule has 1 fully saturated rings. The largest absolute Gasteiger partial charge is 0.379 e. The number of fused-ring (bicyclic) bond motifs is 1. The third-order valence-electron chi connectivity index (χ3n) is 7.18. The molecule has 7 nitrogen and oxygen atoms in total. The Balaban J connectivity index is 1.39. The Bertz CT molecular complexity index is 1300. The van der Waals surface area contributed by atoms with Crippen molar-refractivity contribution in [2.75, 3.05) is 39.9 Å². The molecule has 0 bridgehead atoms. The first-order chi connectivity index (χ1) is 18.4. The number of rotatable bonds is 7. The highest BCUT2D eigenvalue weighted by molar-refractivity contribution is 6.42. The van der Waals surface area contributed by atoms with Crippen LogP contribution in [0.4, 0.5) is 0 Å². The van der Waals surface area contributed by atoms with Gasteiger partial charge in [0.1, 0.15) is 0 Å². The second-order valence-corrected chi connectivity index (χ2v) is 10.4. The van der Waals surface area contributed by atoms with Gasteiger partial charge in [-0.05, 0) is 22.8 Å². The van der Waals surface area contributed by atoms with Crippen LogP contribution in [0.25, 0.3) is 11.1 Å². The fourth-order valence-electron chi connectivity index (χ4n) is 4.93. The Labute approximate surface area is 232 Å². The van der Waals surface area contributed by atoms with Gasteiger partial charge in [-0.1, -0.05) is 77.8 Å². The molecule has 2 amide bonds. The molecule has 38 heavy (non-hydrogen) atoms. The third-order valence-corrected chi connectivity index (χ3v) is 7.91. The number of morpholine rings is 1. The van der Waals surface area contributed by atoms with Gasteiger partial charge in [0.2, 0.25) is 5.91 Å². The van der Waals surface area contributed by atoms with E-state index in [2.05, 4.69) is 46.8 Å². The molecule has 5 rings (SSSR count). The number of hydroxylamine groups is 1. The van der Waals surface area contributed by atoms with Crippen molar-refractivity contribution in [2.24, 2.45) is 0 Å². The lowest BCUT2D eigenvalue weighted by atomic mass is 9.92. The van der Waals surface area contributed by atoms with E-state index < -0.39 is 11.8 Å². The van der Waals surface area contributed by atoms with E-state index in [0.29, 0.717) is 41.1 Å². The van der Waals surface area contributed by atoms with E-state index in [1.165, 1.54) is 0 Å². The van der Waals surface area contributed by atoms with Crippen LogP contribution in [0.2, 0.25) is 10.0 Å². The van der Waals surface area contributed by atoms with E-state index in [0.717, 1.165) is 29.8 Å². The van der Waals surface area contributed by atoms with E-state index >= 15 is 0 Å². The lowest BCUT2D eigenvalue weighted by Crippen LogP contribution is -2.45. The molecule has 2 aliphatic heterocycles. The number of amides is 2. The van der Waals surface area contributed by atoms with Crippen molar-refractivity contribution in [3.63, 3.8) is 0 Å². The van der Waals surface area contributed by atoms with Crippen LogP contribution < -0.4 is 10.3 Å². The maximum absolute atomic E-state index is 13.7. The molecule has 2 aliphatic rings. The van der Waals surface area contributed by atoms with Crippen LogP contribution in [0, 0.1) is 0 Å². The van der Waals surface area contributed by atoms with Crippen molar-refractivity contribution in [3.05, 3.63) is 87.9 Å². The molecule has 2 heterocycles. The standard InChI is InChI=1S/C29H29Cl2N3O4/c1-33(28(35)16-23-22-15-24(30)25(31)17-27(22)38-32-29(23)36)26(18-34-11-13-37-14-12-34)21-9-7-20(8-10-21)19-5-3-2-4-6-19/h2-10,15,17,23,26H,11-14,16,18H2,1H3,(H,32,36). The van der Waals surface area contributed by atoms with Crippen LogP contribution in [-0.4, -0.2) is 61.5 Å². The number of nitrogens with one attached hydrogen (secondary N) is 1. The second kappa shape index (κ2) is 11.7. The summed E-state index contributed by atoms with van der Waals surface area (Å²) in [6.45, 7) is 3.60. The molecule has 0 spiro atoms. The minimum atomic E-state index is -0.743. The highest BCUT2D eigenvalue weighted by atomic mass is 35.5. The van der Waals surface area contributed by atoms with Gasteiger partial charge in [-0.15, -0.1) is 0 Å². The van der Waals surface area contributed by atoms with Gasteiger partial charge in [-0.25, -0.2) is 0 Å². The number of hydrogen-bond donors (Lipinski definition) is 1. The molecule has 0 aromatic heterocycles. The number of nitrogens with zero attached hydrogens (tertiary/aromatic N) is 2. The molecule has 3 aromatic carbocycles. The molecule has 0 saturated carbocycles. The summed E-state index contributed by atoms with van der Waals surface area (Å²) in [6.07, 6.45) is -0.0294. The molecule has 1 N–H and O–H groups in total. The summed E-state index contributed by atoms with van der Waals surface area (Å²) in [4.78, 5) is 35.8. The zero-order valence-corrected chi connectivity index (χ0v) is 22.5. The summed E-state index contributed by atoms with van der Waals surface area (Å²) in [5, 5.41) is 0.617.